The Morgan fingerprint density at radius 3 is 2.42 bits per heavy atom. The topological polar surface area (TPSA) is 93.5 Å². The first-order valence-corrected chi connectivity index (χ1v) is 12.3. The zero-order valence-electron chi connectivity index (χ0n) is 19.5. The lowest BCUT2D eigenvalue weighted by Gasteiger charge is -2.32. The van der Waals surface area contributed by atoms with Crippen molar-refractivity contribution < 1.29 is 40.5 Å². The molecule has 2 aromatic carbocycles. The third kappa shape index (κ3) is 5.68. The molecule has 0 saturated carbocycles. The van der Waals surface area contributed by atoms with Gasteiger partial charge in [0.2, 0.25) is 9.92 Å². The first-order chi connectivity index (χ1) is 16.4. The Balaban J connectivity index is 2.06. The van der Waals surface area contributed by atoms with E-state index in [0.717, 1.165) is 24.8 Å². The molecule has 36 heavy (non-hydrogen) atoms. The first kappa shape index (κ1) is 27.9. The molecule has 0 spiro atoms. The van der Waals surface area contributed by atoms with Crippen LogP contribution in [0.1, 0.15) is 25.0 Å². The van der Waals surface area contributed by atoms with Crippen molar-refractivity contribution in [2.75, 3.05) is 6.54 Å². The molecule has 4 atom stereocenters. The van der Waals surface area contributed by atoms with Crippen LogP contribution in [0.5, 0.6) is 0 Å². The van der Waals surface area contributed by atoms with E-state index in [1.165, 1.54) is 35.1 Å². The van der Waals surface area contributed by atoms with Crippen molar-refractivity contribution in [1.29, 1.82) is 4.78 Å². The summed E-state index contributed by atoms with van der Waals surface area (Å²) in [6.07, 6.45) is -2.74. The predicted octanol–water partition coefficient (Wildman–Crippen LogP) is 4.24. The van der Waals surface area contributed by atoms with Crippen LogP contribution in [-0.2, 0) is 21.1 Å². The molecular weight excluding hydrogens is 512 g/mol. The van der Waals surface area contributed by atoms with Crippen molar-refractivity contribution in [3.05, 3.63) is 59.2 Å². The lowest BCUT2D eigenvalue weighted by molar-refractivity contribution is -0.149. The fourth-order valence-corrected chi connectivity index (χ4v) is 5.00. The van der Waals surface area contributed by atoms with E-state index in [4.69, 9.17) is 4.78 Å². The summed E-state index contributed by atoms with van der Waals surface area (Å²) in [6, 6.07) is 4.39. The van der Waals surface area contributed by atoms with Crippen LogP contribution >= 0.6 is 0 Å². The number of carbonyl (C=O) groups excluding carboxylic acids is 1. The van der Waals surface area contributed by atoms with Gasteiger partial charge < -0.3 is 10.0 Å². The number of amides is 1. The molecule has 3 rings (SSSR count). The number of nitrogens with zero attached hydrogens (tertiary/aromatic N) is 1. The Hall–Kier alpha value is -2.64. The van der Waals surface area contributed by atoms with Crippen LogP contribution in [0.15, 0.2) is 36.4 Å². The van der Waals surface area contributed by atoms with Crippen molar-refractivity contribution >= 4 is 15.8 Å². The Morgan fingerprint density at radius 1 is 1.22 bits per heavy atom. The van der Waals surface area contributed by atoms with E-state index in [9.17, 15) is 36.1 Å². The maximum atomic E-state index is 15.5. The Bertz CT molecular complexity index is 1240. The Kier molecular flexibility index (Phi) is 7.51. The second-order valence-electron chi connectivity index (χ2n) is 9.25. The van der Waals surface area contributed by atoms with Gasteiger partial charge in [0.15, 0.2) is 0 Å². The van der Waals surface area contributed by atoms with Crippen molar-refractivity contribution in [3.8, 4) is 11.1 Å². The largest absolute Gasteiger partial charge is 0.492 e. The van der Waals surface area contributed by atoms with E-state index in [1.54, 1.807) is 6.92 Å². The van der Waals surface area contributed by atoms with Gasteiger partial charge in [-0.2, -0.15) is 13.2 Å². The molecule has 0 radical (unpaired) electrons. The van der Waals surface area contributed by atoms with Gasteiger partial charge in [0, 0.05) is 5.56 Å². The van der Waals surface area contributed by atoms with E-state index < -0.39 is 69.8 Å². The summed E-state index contributed by atoms with van der Waals surface area (Å²) in [7, 11) is -5.52. The summed E-state index contributed by atoms with van der Waals surface area (Å²) < 4.78 is 104. The zero-order chi connectivity index (χ0) is 27.2. The predicted molar refractivity (Wildman–Crippen MR) is 121 cm³/mol. The number of aryl methyl sites for hydroxylation is 1. The van der Waals surface area contributed by atoms with Crippen LogP contribution in [0, 0.1) is 23.3 Å². The number of likely N-dealkylation sites (tertiary alicyclic amines) is 1. The summed E-state index contributed by atoms with van der Waals surface area (Å²) in [5.74, 6) is -2.53. The molecule has 1 fully saturated rings. The smallest absolute Gasteiger partial charge is 0.381 e. The monoisotopic (exact) mass is 537 g/mol. The molecule has 0 aromatic heterocycles. The zero-order valence-corrected chi connectivity index (χ0v) is 20.3. The number of rotatable bonds is 6. The quantitative estimate of drug-likeness (QED) is 0.482. The lowest BCUT2D eigenvalue weighted by atomic mass is 9.94. The average Bonchev–Trinajstić information content (AvgIpc) is 3.01. The second kappa shape index (κ2) is 9.67. The van der Waals surface area contributed by atoms with Gasteiger partial charge in [0.1, 0.15) is 23.4 Å². The van der Waals surface area contributed by atoms with E-state index in [1.807, 2.05) is 0 Å². The van der Waals surface area contributed by atoms with Crippen LogP contribution in [0.2, 0.25) is 0 Å². The number of halogens is 6. The highest BCUT2D eigenvalue weighted by molar-refractivity contribution is 7.91. The van der Waals surface area contributed by atoms with Gasteiger partial charge in [-0.3, -0.25) is 4.79 Å². The highest BCUT2D eigenvalue weighted by atomic mass is 32.2. The summed E-state index contributed by atoms with van der Waals surface area (Å²) >= 11 is 0. The van der Waals surface area contributed by atoms with Gasteiger partial charge in [0.25, 0.3) is 5.91 Å². The minimum Gasteiger partial charge on any atom is -0.381 e. The van der Waals surface area contributed by atoms with Crippen molar-refractivity contribution in [1.82, 2.24) is 9.62 Å². The molecule has 1 unspecified atom stereocenters. The van der Waals surface area contributed by atoms with Crippen LogP contribution in [0.25, 0.3) is 11.1 Å². The number of aliphatic hydroxyl groups is 1. The molecular formula is C23H25F6N3O3S. The minimum atomic E-state index is -5.54. The lowest BCUT2D eigenvalue weighted by Crippen LogP contribution is -2.54. The highest BCUT2D eigenvalue weighted by Gasteiger charge is 2.52. The molecule has 1 aliphatic heterocycles. The number of carbonyl (C=O) groups is 1. The number of nitrogens with one attached hydrogen (secondary N) is 2. The summed E-state index contributed by atoms with van der Waals surface area (Å²) in [6.45, 7) is 3.01. The van der Waals surface area contributed by atoms with Gasteiger partial charge in [-0.05, 0) is 56.0 Å². The molecule has 198 valence electrons. The maximum Gasteiger partial charge on any atom is 0.492 e. The van der Waals surface area contributed by atoms with Gasteiger partial charge >= 0.3 is 5.51 Å². The van der Waals surface area contributed by atoms with Crippen molar-refractivity contribution in [2.45, 2.75) is 56.6 Å². The molecule has 0 bridgehead atoms. The molecule has 1 aliphatic rings. The van der Waals surface area contributed by atoms with Crippen LogP contribution < -0.4 is 4.72 Å². The number of hydrogen-bond donors (Lipinski definition) is 3. The maximum absolute atomic E-state index is 15.5. The van der Waals surface area contributed by atoms with Gasteiger partial charge in [-0.25, -0.2) is 26.9 Å². The fourth-order valence-electron chi connectivity index (χ4n) is 4.18. The van der Waals surface area contributed by atoms with Gasteiger partial charge in [-0.15, -0.1) is 0 Å². The Morgan fingerprint density at radius 2 is 1.86 bits per heavy atom. The first-order valence-electron chi connectivity index (χ1n) is 10.8. The van der Waals surface area contributed by atoms with Crippen molar-refractivity contribution in [3.63, 3.8) is 0 Å². The highest BCUT2D eigenvalue weighted by Crippen LogP contribution is 2.33. The van der Waals surface area contributed by atoms with Crippen molar-refractivity contribution in [2.24, 2.45) is 0 Å². The van der Waals surface area contributed by atoms with Gasteiger partial charge in [-0.1, -0.05) is 24.3 Å². The molecule has 1 heterocycles. The third-order valence-corrected chi connectivity index (χ3v) is 7.10. The SMILES string of the molecule is Cc1cc(F)cc(-c2cccc(C[C@H]3[C@@H](NS(=N)(=O)C(F)(F)F)[C@@H](F)CN3C(=O)C(C)(C)O)c2F)c1. The minimum absolute atomic E-state index is 0.0330. The molecule has 0 aliphatic carbocycles. The normalized spacial score (nSPS) is 22.5. The van der Waals surface area contributed by atoms with E-state index >= 15 is 4.39 Å². The Labute approximate surface area is 204 Å². The number of alkyl halides is 4. The van der Waals surface area contributed by atoms with E-state index in [-0.39, 0.29) is 16.7 Å². The average molecular weight is 538 g/mol. The molecule has 3 N–H and O–H groups in total. The standard InChI is InChI=1S/C23H25F6N3O3S/c1-12-7-14(9-15(24)8-12)16-6-4-5-13(19(16)26)10-18-20(31-36(30,35)23(27,28)29)17(25)11-32(18)21(33)22(2,3)34/h4-9,17-18,20,34H,10-11H2,1-3H3,(H2,30,31,35)/t17-,18-,20-,36?/m0/s1. The second-order valence-corrected chi connectivity index (χ2v) is 11.1. The van der Waals surface area contributed by atoms with Crippen LogP contribution in [0.4, 0.5) is 26.3 Å². The number of hydrogen-bond acceptors (Lipinski definition) is 4. The molecule has 2 aromatic rings. The summed E-state index contributed by atoms with van der Waals surface area (Å²) in [5, 5.41) is 10.1. The fraction of sp³-hybridized carbons (Fsp3) is 0.435. The van der Waals surface area contributed by atoms with Crippen LogP contribution in [0.3, 0.4) is 0 Å². The molecule has 13 heteroatoms. The number of benzene rings is 2. The molecule has 1 saturated heterocycles. The molecule has 1 amide bonds. The summed E-state index contributed by atoms with van der Waals surface area (Å²) in [4.78, 5) is 13.5. The van der Waals surface area contributed by atoms with Crippen LogP contribution in [-0.4, -0.2) is 56.0 Å². The van der Waals surface area contributed by atoms with E-state index in [2.05, 4.69) is 0 Å². The van der Waals surface area contributed by atoms with E-state index in [0.29, 0.717) is 5.56 Å². The third-order valence-electron chi connectivity index (χ3n) is 5.85. The summed E-state index contributed by atoms with van der Waals surface area (Å²) in [5.41, 5.74) is -7.06. The molecule has 6 nitrogen and oxygen atoms in total. The van der Waals surface area contributed by atoms with Gasteiger partial charge in [0.05, 0.1) is 18.6 Å².